The Hall–Kier alpha value is -1.76. The molecule has 2 aliphatic rings. The highest BCUT2D eigenvalue weighted by Crippen LogP contribution is 2.32. The van der Waals surface area contributed by atoms with Crippen molar-refractivity contribution >= 4 is 0 Å². The van der Waals surface area contributed by atoms with Crippen LogP contribution in [0, 0.1) is 0 Å². The van der Waals surface area contributed by atoms with Crippen LogP contribution in [0.2, 0.25) is 0 Å². The zero-order valence-corrected chi connectivity index (χ0v) is 14.5. The second-order valence-corrected chi connectivity index (χ2v) is 7.06. The lowest BCUT2D eigenvalue weighted by atomic mass is 9.94. The highest BCUT2D eigenvalue weighted by Gasteiger charge is 2.30. The third kappa shape index (κ3) is 3.09. The molecule has 0 spiro atoms. The van der Waals surface area contributed by atoms with Gasteiger partial charge in [0.2, 0.25) is 0 Å². The van der Waals surface area contributed by atoms with Gasteiger partial charge in [-0.15, -0.1) is 10.2 Å². The van der Waals surface area contributed by atoms with Crippen LogP contribution in [-0.4, -0.2) is 53.6 Å². The SMILES string of the molecule is CCn1c(Cn2cncn2)nnc1C1CCN(C2CCCC2)CC1. The summed E-state index contributed by atoms with van der Waals surface area (Å²) in [6, 6.07) is 0.845. The van der Waals surface area contributed by atoms with Crippen LogP contribution < -0.4 is 0 Å². The molecule has 1 aliphatic carbocycles. The quantitative estimate of drug-likeness (QED) is 0.840. The number of hydrogen-bond donors (Lipinski definition) is 0. The molecule has 130 valence electrons. The topological polar surface area (TPSA) is 64.7 Å². The molecule has 0 aromatic carbocycles. The molecule has 7 nitrogen and oxygen atoms in total. The monoisotopic (exact) mass is 329 g/mol. The molecule has 2 aromatic heterocycles. The summed E-state index contributed by atoms with van der Waals surface area (Å²) in [5, 5.41) is 13.2. The van der Waals surface area contributed by atoms with E-state index in [1.807, 2.05) is 4.68 Å². The normalized spacial score (nSPS) is 20.9. The lowest BCUT2D eigenvalue weighted by molar-refractivity contribution is 0.151. The fraction of sp³-hybridized carbons (Fsp3) is 0.765. The molecule has 3 heterocycles. The van der Waals surface area contributed by atoms with Gasteiger partial charge in [-0.2, -0.15) is 5.10 Å². The molecule has 2 aromatic rings. The molecule has 0 N–H and O–H groups in total. The van der Waals surface area contributed by atoms with E-state index in [4.69, 9.17) is 0 Å². The maximum atomic E-state index is 4.55. The minimum atomic E-state index is 0.541. The Labute approximate surface area is 143 Å². The Morgan fingerprint density at radius 3 is 2.54 bits per heavy atom. The molecule has 4 rings (SSSR count). The van der Waals surface area contributed by atoms with Gasteiger partial charge >= 0.3 is 0 Å². The second kappa shape index (κ2) is 7.01. The molecule has 1 saturated heterocycles. The minimum absolute atomic E-state index is 0.541. The van der Waals surface area contributed by atoms with Crippen LogP contribution in [0.4, 0.5) is 0 Å². The largest absolute Gasteiger partial charge is 0.313 e. The highest BCUT2D eigenvalue weighted by atomic mass is 15.4. The van der Waals surface area contributed by atoms with E-state index in [1.165, 1.54) is 57.4 Å². The van der Waals surface area contributed by atoms with Crippen molar-refractivity contribution in [1.82, 2.24) is 34.4 Å². The fourth-order valence-corrected chi connectivity index (χ4v) is 4.36. The molecule has 0 radical (unpaired) electrons. The summed E-state index contributed by atoms with van der Waals surface area (Å²) < 4.78 is 4.08. The molecule has 2 fully saturated rings. The molecular formula is C17H27N7. The summed E-state index contributed by atoms with van der Waals surface area (Å²) in [5.74, 6) is 2.69. The zero-order chi connectivity index (χ0) is 16.4. The van der Waals surface area contributed by atoms with Gasteiger partial charge in [-0.25, -0.2) is 9.67 Å². The van der Waals surface area contributed by atoms with Crippen LogP contribution >= 0.6 is 0 Å². The van der Waals surface area contributed by atoms with Gasteiger partial charge in [0, 0.05) is 18.5 Å². The van der Waals surface area contributed by atoms with E-state index >= 15 is 0 Å². The minimum Gasteiger partial charge on any atom is -0.313 e. The number of hydrogen-bond acceptors (Lipinski definition) is 5. The van der Waals surface area contributed by atoms with Crippen molar-refractivity contribution in [3.05, 3.63) is 24.3 Å². The van der Waals surface area contributed by atoms with E-state index in [0.717, 1.165) is 18.4 Å². The lowest BCUT2D eigenvalue weighted by Crippen LogP contribution is -2.40. The number of aromatic nitrogens is 6. The maximum Gasteiger partial charge on any atom is 0.154 e. The summed E-state index contributed by atoms with van der Waals surface area (Å²) in [7, 11) is 0. The molecular weight excluding hydrogens is 302 g/mol. The Morgan fingerprint density at radius 2 is 1.88 bits per heavy atom. The molecule has 0 atom stereocenters. The molecule has 0 bridgehead atoms. The van der Waals surface area contributed by atoms with E-state index in [2.05, 4.69) is 36.7 Å². The second-order valence-electron chi connectivity index (χ2n) is 7.06. The average Bonchev–Trinajstić information content (AvgIpc) is 3.37. The van der Waals surface area contributed by atoms with E-state index in [0.29, 0.717) is 12.5 Å². The van der Waals surface area contributed by atoms with Crippen LogP contribution in [0.3, 0.4) is 0 Å². The van der Waals surface area contributed by atoms with E-state index in [9.17, 15) is 0 Å². The Morgan fingerprint density at radius 1 is 1.08 bits per heavy atom. The van der Waals surface area contributed by atoms with Gasteiger partial charge in [0.1, 0.15) is 25.0 Å². The maximum absolute atomic E-state index is 4.55. The first kappa shape index (κ1) is 15.7. The number of likely N-dealkylation sites (tertiary alicyclic amines) is 1. The van der Waals surface area contributed by atoms with Crippen molar-refractivity contribution < 1.29 is 0 Å². The first-order valence-corrected chi connectivity index (χ1v) is 9.33. The molecule has 0 amide bonds. The van der Waals surface area contributed by atoms with Crippen LogP contribution in [0.1, 0.15) is 63.0 Å². The highest BCUT2D eigenvalue weighted by molar-refractivity contribution is 5.05. The van der Waals surface area contributed by atoms with Gasteiger partial charge in [-0.05, 0) is 45.7 Å². The van der Waals surface area contributed by atoms with Crippen LogP contribution in [0.15, 0.2) is 12.7 Å². The molecule has 1 saturated carbocycles. The molecule has 1 aliphatic heterocycles. The Bertz CT molecular complexity index is 634. The summed E-state index contributed by atoms with van der Waals surface area (Å²) in [4.78, 5) is 6.72. The summed E-state index contributed by atoms with van der Waals surface area (Å²) in [6.45, 7) is 6.15. The van der Waals surface area contributed by atoms with Gasteiger partial charge in [0.05, 0.1) is 0 Å². The van der Waals surface area contributed by atoms with Gasteiger partial charge < -0.3 is 9.47 Å². The summed E-state index contributed by atoms with van der Waals surface area (Å²) >= 11 is 0. The smallest absolute Gasteiger partial charge is 0.154 e. The van der Waals surface area contributed by atoms with E-state index < -0.39 is 0 Å². The average molecular weight is 329 g/mol. The molecule has 7 heteroatoms. The van der Waals surface area contributed by atoms with Crippen LogP contribution in [-0.2, 0) is 13.1 Å². The fourth-order valence-electron chi connectivity index (χ4n) is 4.36. The van der Waals surface area contributed by atoms with Crippen molar-refractivity contribution in [1.29, 1.82) is 0 Å². The molecule has 24 heavy (non-hydrogen) atoms. The van der Waals surface area contributed by atoms with E-state index in [-0.39, 0.29) is 0 Å². The van der Waals surface area contributed by atoms with Crippen molar-refractivity contribution in [2.45, 2.75) is 70.5 Å². The zero-order valence-electron chi connectivity index (χ0n) is 14.5. The van der Waals surface area contributed by atoms with Gasteiger partial charge in [0.15, 0.2) is 5.82 Å². The Balaban J connectivity index is 1.43. The summed E-state index contributed by atoms with van der Waals surface area (Å²) in [5.41, 5.74) is 0. The van der Waals surface area contributed by atoms with Gasteiger partial charge in [-0.3, -0.25) is 0 Å². The third-order valence-electron chi connectivity index (χ3n) is 5.68. The van der Waals surface area contributed by atoms with Gasteiger partial charge in [0.25, 0.3) is 0 Å². The van der Waals surface area contributed by atoms with E-state index in [1.54, 1.807) is 12.7 Å². The number of piperidine rings is 1. The van der Waals surface area contributed by atoms with Crippen molar-refractivity contribution in [2.75, 3.05) is 13.1 Å². The van der Waals surface area contributed by atoms with Crippen molar-refractivity contribution in [3.8, 4) is 0 Å². The predicted molar refractivity (Wildman–Crippen MR) is 90.6 cm³/mol. The Kier molecular flexibility index (Phi) is 4.60. The standard InChI is InChI=1S/C17H27N7/c1-2-24-16(11-23-13-18-12-19-23)20-21-17(24)14-7-9-22(10-8-14)15-5-3-4-6-15/h12-15H,2-11H2,1H3. The summed E-state index contributed by atoms with van der Waals surface area (Å²) in [6.07, 6.45) is 11.3. The van der Waals surface area contributed by atoms with Crippen LogP contribution in [0.25, 0.3) is 0 Å². The molecule has 0 unspecified atom stereocenters. The first-order valence-electron chi connectivity index (χ1n) is 9.33. The van der Waals surface area contributed by atoms with Crippen LogP contribution in [0.5, 0.6) is 0 Å². The lowest BCUT2D eigenvalue weighted by Gasteiger charge is -2.35. The third-order valence-corrected chi connectivity index (χ3v) is 5.68. The van der Waals surface area contributed by atoms with Crippen molar-refractivity contribution in [2.24, 2.45) is 0 Å². The first-order chi connectivity index (χ1) is 11.8. The number of nitrogens with zero attached hydrogens (tertiary/aromatic N) is 7. The number of rotatable bonds is 5. The van der Waals surface area contributed by atoms with Crippen molar-refractivity contribution in [3.63, 3.8) is 0 Å². The van der Waals surface area contributed by atoms with Gasteiger partial charge in [-0.1, -0.05) is 12.8 Å². The predicted octanol–water partition coefficient (Wildman–Crippen LogP) is 2.06.